The Balaban J connectivity index is 1.52. The highest BCUT2D eigenvalue weighted by Gasteiger charge is 2.17. The Kier molecular flexibility index (Phi) is 4.49. The van der Waals surface area contributed by atoms with Gasteiger partial charge in [-0.2, -0.15) is 5.10 Å². The van der Waals surface area contributed by atoms with Gasteiger partial charge < -0.3 is 16.0 Å². The molecule has 0 aliphatic carbocycles. The molecule has 1 saturated heterocycles. The van der Waals surface area contributed by atoms with E-state index in [0.717, 1.165) is 59.2 Å². The van der Waals surface area contributed by atoms with Crippen molar-refractivity contribution < 1.29 is 0 Å². The van der Waals surface area contributed by atoms with Crippen molar-refractivity contribution in [2.45, 2.75) is 25.8 Å². The molecule has 0 radical (unpaired) electrons. The lowest BCUT2D eigenvalue weighted by molar-refractivity contribution is 0.343. The number of nitrogens with two attached hydrogens (primary N) is 1. The van der Waals surface area contributed by atoms with Crippen LogP contribution in [0.3, 0.4) is 0 Å². The van der Waals surface area contributed by atoms with Gasteiger partial charge in [-0.1, -0.05) is 11.6 Å². The van der Waals surface area contributed by atoms with Crippen molar-refractivity contribution in [3.63, 3.8) is 0 Å². The maximum Gasteiger partial charge on any atom is 0.142 e. The SMILES string of the molecule is Cc1cc(Cl)cc2nc(-c3cc(-c4cnn(C5CCNCC5)c4)cnc3N)[nH]c12. The largest absolute Gasteiger partial charge is 0.383 e. The molecule has 0 saturated carbocycles. The predicted octanol–water partition coefficient (Wildman–Crippen LogP) is 3.96. The summed E-state index contributed by atoms with van der Waals surface area (Å²) in [4.78, 5) is 12.5. The van der Waals surface area contributed by atoms with Gasteiger partial charge in [0.15, 0.2) is 0 Å². The first-order chi connectivity index (χ1) is 14.1. The van der Waals surface area contributed by atoms with Crippen molar-refractivity contribution in [2.24, 2.45) is 0 Å². The zero-order valence-corrected chi connectivity index (χ0v) is 16.9. The maximum absolute atomic E-state index is 6.19. The standard InChI is InChI=1S/C21H22ClN7/c1-12-6-15(22)8-18-19(12)28-21(27-18)17-7-13(9-25-20(17)23)14-10-26-29(11-14)16-2-4-24-5-3-16/h6-11,16,24H,2-5H2,1H3,(H2,23,25)(H,27,28). The zero-order valence-electron chi connectivity index (χ0n) is 16.1. The minimum Gasteiger partial charge on any atom is -0.383 e. The number of rotatable bonds is 3. The van der Waals surface area contributed by atoms with E-state index >= 15 is 0 Å². The van der Waals surface area contributed by atoms with E-state index in [9.17, 15) is 0 Å². The number of H-pyrrole nitrogens is 1. The lowest BCUT2D eigenvalue weighted by Crippen LogP contribution is -2.29. The Morgan fingerprint density at radius 3 is 2.79 bits per heavy atom. The lowest BCUT2D eigenvalue weighted by Gasteiger charge is -2.22. The number of piperidine rings is 1. The highest BCUT2D eigenvalue weighted by Crippen LogP contribution is 2.31. The molecule has 1 fully saturated rings. The van der Waals surface area contributed by atoms with E-state index in [1.54, 1.807) is 6.20 Å². The Hall–Kier alpha value is -2.90. The summed E-state index contributed by atoms with van der Waals surface area (Å²) in [6.45, 7) is 4.06. The van der Waals surface area contributed by atoms with Gasteiger partial charge in [0, 0.05) is 28.5 Å². The third-order valence-corrected chi connectivity index (χ3v) is 5.76. The van der Waals surface area contributed by atoms with E-state index in [2.05, 4.69) is 31.3 Å². The number of nitrogens with one attached hydrogen (secondary N) is 2. The number of hydrogen-bond donors (Lipinski definition) is 3. The number of fused-ring (bicyclic) bond motifs is 1. The van der Waals surface area contributed by atoms with Gasteiger partial charge in [0.25, 0.3) is 0 Å². The van der Waals surface area contributed by atoms with Crippen molar-refractivity contribution in [3.05, 3.63) is 47.4 Å². The normalized spacial score (nSPS) is 15.2. The summed E-state index contributed by atoms with van der Waals surface area (Å²) in [5, 5.41) is 8.64. The number of aromatic nitrogens is 5. The minimum atomic E-state index is 0.433. The van der Waals surface area contributed by atoms with Crippen LogP contribution in [0.4, 0.5) is 5.82 Å². The second kappa shape index (κ2) is 7.17. The molecule has 4 aromatic rings. The van der Waals surface area contributed by atoms with Crippen LogP contribution in [-0.2, 0) is 0 Å². The number of imidazole rings is 1. The van der Waals surface area contributed by atoms with E-state index in [-0.39, 0.29) is 0 Å². The predicted molar refractivity (Wildman–Crippen MR) is 116 cm³/mol. The molecule has 8 heteroatoms. The number of anilines is 1. The summed E-state index contributed by atoms with van der Waals surface area (Å²) >= 11 is 6.18. The molecule has 0 amide bonds. The van der Waals surface area contributed by atoms with E-state index in [0.29, 0.717) is 22.7 Å². The van der Waals surface area contributed by atoms with E-state index in [1.807, 2.05) is 31.3 Å². The van der Waals surface area contributed by atoms with Crippen LogP contribution < -0.4 is 11.1 Å². The Labute approximate surface area is 173 Å². The molecule has 0 atom stereocenters. The number of aromatic amines is 1. The van der Waals surface area contributed by atoms with Crippen molar-refractivity contribution in [3.8, 4) is 22.5 Å². The van der Waals surface area contributed by atoms with Crippen molar-refractivity contribution in [2.75, 3.05) is 18.8 Å². The summed E-state index contributed by atoms with van der Waals surface area (Å²) in [7, 11) is 0. The molecule has 29 heavy (non-hydrogen) atoms. The number of benzene rings is 1. The molecule has 1 aliphatic rings. The molecule has 0 spiro atoms. The molecular formula is C21H22ClN7. The minimum absolute atomic E-state index is 0.433. The average molecular weight is 408 g/mol. The fourth-order valence-electron chi connectivity index (χ4n) is 3.95. The number of nitrogen functional groups attached to an aromatic ring is 1. The average Bonchev–Trinajstić information content (AvgIpc) is 3.37. The number of halogens is 1. The molecule has 4 N–H and O–H groups in total. The molecule has 1 aliphatic heterocycles. The number of aryl methyl sites for hydroxylation is 1. The van der Waals surface area contributed by atoms with Gasteiger partial charge in [0.2, 0.25) is 0 Å². The Morgan fingerprint density at radius 1 is 1.14 bits per heavy atom. The fraction of sp³-hybridized carbons (Fsp3) is 0.286. The molecule has 5 rings (SSSR count). The van der Waals surface area contributed by atoms with Crippen LogP contribution in [0.2, 0.25) is 5.02 Å². The van der Waals surface area contributed by atoms with Crippen LogP contribution in [0, 0.1) is 6.92 Å². The van der Waals surface area contributed by atoms with Gasteiger partial charge >= 0.3 is 0 Å². The van der Waals surface area contributed by atoms with Crippen LogP contribution in [0.1, 0.15) is 24.4 Å². The summed E-state index contributed by atoms with van der Waals surface area (Å²) in [6.07, 6.45) is 7.95. The summed E-state index contributed by atoms with van der Waals surface area (Å²) in [5.41, 5.74) is 11.7. The van der Waals surface area contributed by atoms with Crippen LogP contribution in [0.25, 0.3) is 33.5 Å². The quantitative estimate of drug-likeness (QED) is 0.477. The van der Waals surface area contributed by atoms with E-state index in [1.165, 1.54) is 0 Å². The Morgan fingerprint density at radius 2 is 1.97 bits per heavy atom. The van der Waals surface area contributed by atoms with Gasteiger partial charge in [0.1, 0.15) is 11.6 Å². The summed E-state index contributed by atoms with van der Waals surface area (Å²) in [5.74, 6) is 1.12. The van der Waals surface area contributed by atoms with Gasteiger partial charge in [0.05, 0.1) is 28.8 Å². The summed E-state index contributed by atoms with van der Waals surface area (Å²) in [6, 6.07) is 6.22. The van der Waals surface area contributed by atoms with Crippen molar-refractivity contribution in [1.82, 2.24) is 30.0 Å². The maximum atomic E-state index is 6.19. The zero-order chi connectivity index (χ0) is 20.0. The first kappa shape index (κ1) is 18.1. The number of nitrogens with zero attached hydrogens (tertiary/aromatic N) is 4. The van der Waals surface area contributed by atoms with Crippen LogP contribution in [0.5, 0.6) is 0 Å². The molecule has 7 nitrogen and oxygen atoms in total. The van der Waals surface area contributed by atoms with Gasteiger partial charge in [-0.05, 0) is 56.6 Å². The van der Waals surface area contributed by atoms with E-state index < -0.39 is 0 Å². The molecular weight excluding hydrogens is 386 g/mol. The molecule has 0 bridgehead atoms. The monoisotopic (exact) mass is 407 g/mol. The first-order valence-electron chi connectivity index (χ1n) is 9.75. The van der Waals surface area contributed by atoms with Crippen LogP contribution >= 0.6 is 11.6 Å². The van der Waals surface area contributed by atoms with E-state index in [4.69, 9.17) is 22.3 Å². The highest BCUT2D eigenvalue weighted by molar-refractivity contribution is 6.31. The topological polar surface area (TPSA) is 97.4 Å². The molecule has 3 aromatic heterocycles. The fourth-order valence-corrected chi connectivity index (χ4v) is 4.22. The first-order valence-corrected chi connectivity index (χ1v) is 10.1. The molecule has 1 aromatic carbocycles. The van der Waals surface area contributed by atoms with Crippen molar-refractivity contribution in [1.29, 1.82) is 0 Å². The van der Waals surface area contributed by atoms with Gasteiger partial charge in [-0.3, -0.25) is 4.68 Å². The molecule has 4 heterocycles. The van der Waals surface area contributed by atoms with Crippen molar-refractivity contribution >= 4 is 28.5 Å². The lowest BCUT2D eigenvalue weighted by atomic mass is 10.1. The van der Waals surface area contributed by atoms with Crippen LogP contribution in [0.15, 0.2) is 36.8 Å². The number of hydrogen-bond acceptors (Lipinski definition) is 5. The summed E-state index contributed by atoms with van der Waals surface area (Å²) < 4.78 is 2.07. The second-order valence-corrected chi connectivity index (χ2v) is 7.99. The van der Waals surface area contributed by atoms with Gasteiger partial charge in [-0.15, -0.1) is 0 Å². The van der Waals surface area contributed by atoms with Gasteiger partial charge in [-0.25, -0.2) is 9.97 Å². The molecule has 0 unspecified atom stereocenters. The third kappa shape index (κ3) is 3.36. The second-order valence-electron chi connectivity index (χ2n) is 7.55. The highest BCUT2D eigenvalue weighted by atomic mass is 35.5. The Bertz CT molecular complexity index is 1190. The molecule has 148 valence electrons. The third-order valence-electron chi connectivity index (χ3n) is 5.55. The smallest absolute Gasteiger partial charge is 0.142 e. The number of pyridine rings is 1. The van der Waals surface area contributed by atoms with Crippen LogP contribution in [-0.4, -0.2) is 37.8 Å².